The second-order valence-corrected chi connectivity index (χ2v) is 14.9. The van der Waals surface area contributed by atoms with E-state index in [4.69, 9.17) is 9.97 Å². The highest BCUT2D eigenvalue weighted by atomic mass is 32.1. The lowest BCUT2D eigenvalue weighted by Gasteiger charge is -2.19. The summed E-state index contributed by atoms with van der Waals surface area (Å²) in [6.07, 6.45) is 0. The molecule has 228 valence electrons. The average Bonchev–Trinajstić information content (AvgIpc) is 3.65. The van der Waals surface area contributed by atoms with Gasteiger partial charge in [-0.15, -0.1) is 11.3 Å². The van der Waals surface area contributed by atoms with Crippen LogP contribution in [0.3, 0.4) is 0 Å². The lowest BCUT2D eigenvalue weighted by atomic mass is 9.86. The molecule has 3 heterocycles. The van der Waals surface area contributed by atoms with Crippen molar-refractivity contribution >= 4 is 85.8 Å². The van der Waals surface area contributed by atoms with Crippen LogP contribution >= 0.6 is 11.3 Å². The maximum absolute atomic E-state index is 5.40. The molecule has 0 aliphatic heterocycles. The van der Waals surface area contributed by atoms with E-state index in [1.807, 2.05) is 11.3 Å². The van der Waals surface area contributed by atoms with Crippen molar-refractivity contribution in [2.24, 2.45) is 0 Å². The Hall–Kier alpha value is -5.58. The molecule has 0 amide bonds. The van der Waals surface area contributed by atoms with E-state index in [0.717, 1.165) is 33.2 Å². The number of para-hydroxylation sites is 2. The number of hydrogen-bond acceptors (Lipinski definition) is 3. The van der Waals surface area contributed by atoms with Crippen LogP contribution in [0.5, 0.6) is 0 Å². The normalized spacial score (nSPS) is 12.5. The van der Waals surface area contributed by atoms with E-state index < -0.39 is 0 Å². The van der Waals surface area contributed by atoms with Crippen molar-refractivity contribution in [2.75, 3.05) is 0 Å². The van der Waals surface area contributed by atoms with Gasteiger partial charge in [-0.2, -0.15) is 0 Å². The second-order valence-electron chi connectivity index (χ2n) is 13.9. The molecule has 0 aliphatic rings. The van der Waals surface area contributed by atoms with Crippen LogP contribution < -0.4 is 0 Å². The predicted octanol–water partition coefficient (Wildman–Crippen LogP) is 12.4. The number of hydrogen-bond donors (Lipinski definition) is 0. The molecule has 0 atom stereocenters. The number of aromatic nitrogens is 3. The number of rotatable bonds is 2. The molecule has 0 unspecified atom stereocenters. The lowest BCUT2D eigenvalue weighted by molar-refractivity contribution is 0.590. The van der Waals surface area contributed by atoms with E-state index in [1.54, 1.807) is 0 Å². The van der Waals surface area contributed by atoms with Gasteiger partial charge in [-0.25, -0.2) is 9.97 Å². The molecule has 3 aromatic heterocycles. The van der Waals surface area contributed by atoms with Crippen LogP contribution in [0.2, 0.25) is 0 Å². The van der Waals surface area contributed by atoms with Gasteiger partial charge in [0.1, 0.15) is 0 Å². The molecule has 0 saturated carbocycles. The van der Waals surface area contributed by atoms with Crippen molar-refractivity contribution in [3.05, 3.63) is 139 Å². The van der Waals surface area contributed by atoms with Crippen LogP contribution in [0.1, 0.15) is 26.3 Å². The van der Waals surface area contributed by atoms with Crippen molar-refractivity contribution in [1.82, 2.24) is 14.5 Å². The van der Waals surface area contributed by atoms with Crippen LogP contribution in [0.4, 0.5) is 0 Å². The molecule has 0 spiro atoms. The molecule has 0 bridgehead atoms. The first-order valence-electron chi connectivity index (χ1n) is 16.5. The van der Waals surface area contributed by atoms with Gasteiger partial charge in [0.25, 0.3) is 0 Å². The Bertz CT molecular complexity index is 2920. The Balaban J connectivity index is 1.29. The van der Waals surface area contributed by atoms with Gasteiger partial charge in [-0.1, -0.05) is 124 Å². The monoisotopic (exact) mass is 633 g/mol. The summed E-state index contributed by atoms with van der Waals surface area (Å²) < 4.78 is 4.94. The fraction of sp³-hybridized carbons (Fsp3) is 0.0909. The molecule has 0 saturated heterocycles. The topological polar surface area (TPSA) is 30.7 Å². The van der Waals surface area contributed by atoms with Gasteiger partial charge in [-0.3, -0.25) is 4.57 Å². The van der Waals surface area contributed by atoms with Gasteiger partial charge < -0.3 is 0 Å². The first-order chi connectivity index (χ1) is 23.4. The van der Waals surface area contributed by atoms with E-state index in [9.17, 15) is 0 Å². The highest BCUT2D eigenvalue weighted by Crippen LogP contribution is 2.42. The average molecular weight is 634 g/mol. The van der Waals surface area contributed by atoms with Crippen LogP contribution in [0.25, 0.3) is 91.6 Å². The predicted molar refractivity (Wildman–Crippen MR) is 206 cm³/mol. The van der Waals surface area contributed by atoms with Gasteiger partial charge in [0.15, 0.2) is 0 Å². The van der Waals surface area contributed by atoms with Crippen molar-refractivity contribution < 1.29 is 0 Å². The number of nitrogens with zero attached hydrogens (tertiary/aromatic N) is 3. The maximum Gasteiger partial charge on any atom is 0.235 e. The van der Waals surface area contributed by atoms with E-state index in [1.165, 1.54) is 58.1 Å². The zero-order valence-electron chi connectivity index (χ0n) is 27.0. The lowest BCUT2D eigenvalue weighted by Crippen LogP contribution is -2.10. The molecule has 48 heavy (non-hydrogen) atoms. The highest BCUT2D eigenvalue weighted by molar-refractivity contribution is 7.25. The fourth-order valence-corrected chi connectivity index (χ4v) is 8.67. The minimum atomic E-state index is 0.0773. The largest absolute Gasteiger partial charge is 0.277 e. The Labute approximate surface area is 281 Å². The molecule has 0 radical (unpaired) electrons. The number of benzene rings is 7. The Kier molecular flexibility index (Phi) is 5.71. The molecule has 3 nitrogen and oxygen atoms in total. The Morgan fingerprint density at radius 2 is 1.21 bits per heavy atom. The summed E-state index contributed by atoms with van der Waals surface area (Å²) in [5.74, 6) is 0.682. The van der Waals surface area contributed by atoms with Gasteiger partial charge in [-0.05, 0) is 57.5 Å². The molecule has 10 rings (SSSR count). The third kappa shape index (κ3) is 3.99. The summed E-state index contributed by atoms with van der Waals surface area (Å²) in [5, 5.41) is 11.0. The third-order valence-electron chi connectivity index (χ3n) is 9.96. The van der Waals surface area contributed by atoms with Crippen molar-refractivity contribution in [3.8, 4) is 17.2 Å². The Morgan fingerprint density at radius 1 is 0.521 bits per heavy atom. The van der Waals surface area contributed by atoms with Crippen LogP contribution in [0, 0.1) is 0 Å². The number of fused-ring (bicyclic) bond motifs is 11. The zero-order chi connectivity index (χ0) is 32.1. The molecule has 7 aromatic carbocycles. The van der Waals surface area contributed by atoms with E-state index in [2.05, 4.69) is 159 Å². The summed E-state index contributed by atoms with van der Waals surface area (Å²) in [7, 11) is 0. The maximum atomic E-state index is 5.40. The summed E-state index contributed by atoms with van der Waals surface area (Å²) in [5.41, 5.74) is 6.58. The van der Waals surface area contributed by atoms with Crippen molar-refractivity contribution in [3.63, 3.8) is 0 Å². The van der Waals surface area contributed by atoms with Crippen LogP contribution in [-0.2, 0) is 5.41 Å². The minimum absolute atomic E-state index is 0.0773. The first kappa shape index (κ1) is 27.5. The van der Waals surface area contributed by atoms with Gasteiger partial charge in [0.2, 0.25) is 5.95 Å². The Morgan fingerprint density at radius 3 is 2.04 bits per heavy atom. The molecule has 0 fully saturated rings. The third-order valence-corrected chi connectivity index (χ3v) is 11.1. The molecule has 0 N–H and O–H groups in total. The van der Waals surface area contributed by atoms with E-state index >= 15 is 0 Å². The zero-order valence-corrected chi connectivity index (χ0v) is 27.8. The standard InChI is InChI=1S/C44H31N3S/c1-44(2,3)28-19-16-26(17-20-28)41-34-12-4-7-13-37(34)45-43(46-41)47-38-14-8-5-10-30(38)33-23-22-29-32(42(33)47)21-18-27-24-40-36(25-35(27)29)31-11-6-9-15-39(31)48-40/h4-25H,1-3H3. The molecule has 0 aliphatic carbocycles. The van der Waals surface area contributed by atoms with Gasteiger partial charge in [0, 0.05) is 47.3 Å². The second kappa shape index (κ2) is 9.96. The molecule has 10 aromatic rings. The summed E-state index contributed by atoms with van der Waals surface area (Å²) in [6, 6.07) is 48.6. The van der Waals surface area contributed by atoms with E-state index in [0.29, 0.717) is 5.95 Å². The van der Waals surface area contributed by atoms with Crippen LogP contribution in [-0.4, -0.2) is 14.5 Å². The van der Waals surface area contributed by atoms with E-state index in [-0.39, 0.29) is 5.41 Å². The quantitative estimate of drug-likeness (QED) is 0.177. The summed E-state index contributed by atoms with van der Waals surface area (Å²) in [6.45, 7) is 6.75. The fourth-order valence-electron chi connectivity index (χ4n) is 7.54. The van der Waals surface area contributed by atoms with Crippen molar-refractivity contribution in [1.29, 1.82) is 0 Å². The molecular formula is C44H31N3S. The molecular weight excluding hydrogens is 603 g/mol. The minimum Gasteiger partial charge on any atom is -0.277 e. The van der Waals surface area contributed by atoms with Gasteiger partial charge in [0.05, 0.1) is 22.2 Å². The summed E-state index contributed by atoms with van der Waals surface area (Å²) in [4.78, 5) is 10.6. The summed E-state index contributed by atoms with van der Waals surface area (Å²) >= 11 is 1.87. The van der Waals surface area contributed by atoms with Crippen LogP contribution in [0.15, 0.2) is 133 Å². The molecule has 4 heteroatoms. The highest BCUT2D eigenvalue weighted by Gasteiger charge is 2.20. The number of thiophene rings is 1. The smallest absolute Gasteiger partial charge is 0.235 e. The van der Waals surface area contributed by atoms with Crippen molar-refractivity contribution in [2.45, 2.75) is 26.2 Å². The SMILES string of the molecule is CC(C)(C)c1ccc(-c2nc(-n3c4ccccc4c4ccc5c6cc7c(cc6ccc5c43)sc3ccccc37)nc3ccccc23)cc1. The first-order valence-corrected chi connectivity index (χ1v) is 17.3. The van der Waals surface area contributed by atoms with Gasteiger partial charge >= 0.3 is 0 Å².